The molecular formula is C15H21N5S. The maximum Gasteiger partial charge on any atom is 0.187 e. The van der Waals surface area contributed by atoms with Gasteiger partial charge in [0.25, 0.3) is 0 Å². The first-order valence-corrected chi connectivity index (χ1v) is 8.41. The van der Waals surface area contributed by atoms with Crippen LogP contribution in [0.15, 0.2) is 11.4 Å². The molecule has 0 aromatic carbocycles. The highest BCUT2D eigenvalue weighted by atomic mass is 32.2. The number of fused-ring (bicyclic) bond motifs is 1. The Hall–Kier alpha value is -1.40. The van der Waals surface area contributed by atoms with Gasteiger partial charge in [0, 0.05) is 44.0 Å². The Kier molecular flexibility index (Phi) is 3.99. The fourth-order valence-electron chi connectivity index (χ4n) is 2.72. The van der Waals surface area contributed by atoms with Crippen molar-refractivity contribution in [3.05, 3.63) is 34.7 Å². The van der Waals surface area contributed by atoms with Gasteiger partial charge in [0.15, 0.2) is 5.16 Å². The summed E-state index contributed by atoms with van der Waals surface area (Å²) in [7, 11) is 2.09. The number of aromatic nitrogens is 4. The van der Waals surface area contributed by atoms with Gasteiger partial charge in [0.05, 0.1) is 17.9 Å². The smallest absolute Gasteiger partial charge is 0.187 e. The lowest BCUT2D eigenvalue weighted by molar-refractivity contribution is 0.234. The summed E-state index contributed by atoms with van der Waals surface area (Å²) < 4.78 is 2.19. The largest absolute Gasteiger partial charge is 0.334 e. The van der Waals surface area contributed by atoms with E-state index in [4.69, 9.17) is 0 Å². The number of hydrogen-bond donors (Lipinski definition) is 0. The van der Waals surface area contributed by atoms with Crippen molar-refractivity contribution in [2.24, 2.45) is 7.05 Å². The fourth-order valence-corrected chi connectivity index (χ4v) is 3.08. The van der Waals surface area contributed by atoms with Gasteiger partial charge < -0.3 is 4.57 Å². The molecule has 3 heterocycles. The molecule has 2 aromatic rings. The van der Waals surface area contributed by atoms with Crippen LogP contribution in [0.4, 0.5) is 0 Å². The predicted octanol–water partition coefficient (Wildman–Crippen LogP) is 2.11. The molecular weight excluding hydrogens is 282 g/mol. The van der Waals surface area contributed by atoms with Crippen molar-refractivity contribution in [2.45, 2.75) is 38.5 Å². The van der Waals surface area contributed by atoms with E-state index in [2.05, 4.69) is 45.3 Å². The second-order valence-electron chi connectivity index (χ2n) is 5.55. The van der Waals surface area contributed by atoms with Gasteiger partial charge in [-0.15, -0.1) is 0 Å². The van der Waals surface area contributed by atoms with Crippen LogP contribution < -0.4 is 0 Å². The van der Waals surface area contributed by atoms with E-state index in [0.717, 1.165) is 42.7 Å². The molecule has 1 aliphatic heterocycles. The van der Waals surface area contributed by atoms with Gasteiger partial charge >= 0.3 is 0 Å². The highest BCUT2D eigenvalue weighted by molar-refractivity contribution is 7.98. The summed E-state index contributed by atoms with van der Waals surface area (Å²) in [5, 5.41) is 0.873. The second kappa shape index (κ2) is 5.77. The van der Waals surface area contributed by atoms with Gasteiger partial charge in [-0.1, -0.05) is 11.8 Å². The number of imidazole rings is 1. The molecule has 0 radical (unpaired) electrons. The molecule has 0 bridgehead atoms. The average Bonchev–Trinajstić information content (AvgIpc) is 2.74. The molecule has 0 unspecified atom stereocenters. The van der Waals surface area contributed by atoms with Gasteiger partial charge in [-0.25, -0.2) is 15.0 Å². The molecule has 1 aliphatic rings. The van der Waals surface area contributed by atoms with Gasteiger partial charge in [-0.3, -0.25) is 4.90 Å². The van der Waals surface area contributed by atoms with E-state index in [1.54, 1.807) is 11.8 Å². The zero-order chi connectivity index (χ0) is 15.0. The van der Waals surface area contributed by atoms with Crippen molar-refractivity contribution < 1.29 is 0 Å². The monoisotopic (exact) mass is 303 g/mol. The Morgan fingerprint density at radius 1 is 1.29 bits per heavy atom. The van der Waals surface area contributed by atoms with E-state index in [1.165, 1.54) is 17.0 Å². The summed E-state index contributed by atoms with van der Waals surface area (Å²) in [5.74, 6) is 1.13. The summed E-state index contributed by atoms with van der Waals surface area (Å²) in [5.41, 5.74) is 4.83. The van der Waals surface area contributed by atoms with Gasteiger partial charge in [0.2, 0.25) is 0 Å². The normalized spacial score (nSPS) is 15.2. The minimum absolute atomic E-state index is 0.873. The molecule has 0 amide bonds. The van der Waals surface area contributed by atoms with Crippen molar-refractivity contribution in [3.63, 3.8) is 0 Å². The summed E-state index contributed by atoms with van der Waals surface area (Å²) >= 11 is 1.60. The van der Waals surface area contributed by atoms with Crippen LogP contribution in [0.25, 0.3) is 0 Å². The maximum absolute atomic E-state index is 4.67. The summed E-state index contributed by atoms with van der Waals surface area (Å²) in [6.07, 6.45) is 4.99. The molecule has 0 aliphatic carbocycles. The van der Waals surface area contributed by atoms with Crippen molar-refractivity contribution >= 4 is 11.8 Å². The number of hydrogen-bond acceptors (Lipinski definition) is 5. The molecule has 0 spiro atoms. The molecule has 0 N–H and O–H groups in total. The molecule has 21 heavy (non-hydrogen) atoms. The lowest BCUT2D eigenvalue weighted by Gasteiger charge is -2.27. The fraction of sp³-hybridized carbons (Fsp3) is 0.533. The zero-order valence-electron chi connectivity index (χ0n) is 13.1. The standard InChI is InChI=1S/C15H21N5S/c1-10-11(2)19(3)14(17-10)9-20-6-5-13-12(8-20)7-16-15(18-13)21-4/h7H,5-6,8-9H2,1-4H3. The quantitative estimate of drug-likeness (QED) is 0.642. The van der Waals surface area contributed by atoms with Crippen molar-refractivity contribution in [1.82, 2.24) is 24.4 Å². The van der Waals surface area contributed by atoms with E-state index in [9.17, 15) is 0 Å². The third kappa shape index (κ3) is 2.82. The highest BCUT2D eigenvalue weighted by Gasteiger charge is 2.20. The number of aryl methyl sites for hydroxylation is 1. The minimum atomic E-state index is 0.873. The van der Waals surface area contributed by atoms with Gasteiger partial charge in [-0.05, 0) is 20.1 Å². The molecule has 2 aromatic heterocycles. The summed E-state index contributed by atoms with van der Waals surface area (Å²) in [6.45, 7) is 7.02. The topological polar surface area (TPSA) is 46.8 Å². The van der Waals surface area contributed by atoms with E-state index in [0.29, 0.717) is 0 Å². The first-order valence-electron chi connectivity index (χ1n) is 7.18. The molecule has 0 fully saturated rings. The summed E-state index contributed by atoms with van der Waals surface area (Å²) in [6, 6.07) is 0. The molecule has 0 saturated heterocycles. The van der Waals surface area contributed by atoms with Crippen LogP contribution in [0.1, 0.15) is 28.5 Å². The predicted molar refractivity (Wildman–Crippen MR) is 84.3 cm³/mol. The Morgan fingerprint density at radius 3 is 2.76 bits per heavy atom. The number of rotatable bonds is 3. The third-order valence-electron chi connectivity index (χ3n) is 4.25. The van der Waals surface area contributed by atoms with Crippen LogP contribution in [-0.2, 0) is 26.6 Å². The lowest BCUT2D eigenvalue weighted by Crippen LogP contribution is -2.31. The SMILES string of the molecule is CSc1ncc2c(n1)CCN(Cc1nc(C)c(C)n1C)C2. The van der Waals surface area contributed by atoms with E-state index in [1.807, 2.05) is 12.5 Å². The Balaban J connectivity index is 1.75. The zero-order valence-corrected chi connectivity index (χ0v) is 13.9. The molecule has 3 rings (SSSR count). The van der Waals surface area contributed by atoms with Crippen LogP contribution in [-0.4, -0.2) is 37.2 Å². The van der Waals surface area contributed by atoms with E-state index >= 15 is 0 Å². The molecule has 5 nitrogen and oxygen atoms in total. The second-order valence-corrected chi connectivity index (χ2v) is 6.32. The highest BCUT2D eigenvalue weighted by Crippen LogP contribution is 2.21. The average molecular weight is 303 g/mol. The lowest BCUT2D eigenvalue weighted by atomic mass is 10.1. The third-order valence-corrected chi connectivity index (χ3v) is 4.81. The van der Waals surface area contributed by atoms with Crippen LogP contribution in [0.2, 0.25) is 0 Å². The molecule has 0 saturated carbocycles. The minimum Gasteiger partial charge on any atom is -0.334 e. The van der Waals surface area contributed by atoms with E-state index < -0.39 is 0 Å². The summed E-state index contributed by atoms with van der Waals surface area (Å²) in [4.78, 5) is 16.1. The first kappa shape index (κ1) is 14.5. The Labute approximate surface area is 129 Å². The van der Waals surface area contributed by atoms with Crippen molar-refractivity contribution in [1.29, 1.82) is 0 Å². The van der Waals surface area contributed by atoms with Crippen molar-refractivity contribution in [2.75, 3.05) is 12.8 Å². The van der Waals surface area contributed by atoms with Gasteiger partial charge in [-0.2, -0.15) is 0 Å². The van der Waals surface area contributed by atoms with Crippen molar-refractivity contribution in [3.8, 4) is 0 Å². The van der Waals surface area contributed by atoms with Gasteiger partial charge in [0.1, 0.15) is 5.82 Å². The van der Waals surface area contributed by atoms with Crippen LogP contribution in [0.3, 0.4) is 0 Å². The molecule has 0 atom stereocenters. The van der Waals surface area contributed by atoms with Crippen LogP contribution in [0.5, 0.6) is 0 Å². The molecule has 6 heteroatoms. The first-order chi connectivity index (χ1) is 10.1. The Bertz CT molecular complexity index is 664. The van der Waals surface area contributed by atoms with Crippen LogP contribution >= 0.6 is 11.8 Å². The number of thioether (sulfide) groups is 1. The maximum atomic E-state index is 4.67. The van der Waals surface area contributed by atoms with E-state index in [-0.39, 0.29) is 0 Å². The number of nitrogens with zero attached hydrogens (tertiary/aromatic N) is 5. The van der Waals surface area contributed by atoms with Crippen LogP contribution in [0, 0.1) is 13.8 Å². The Morgan fingerprint density at radius 2 is 2.10 bits per heavy atom. The molecule has 112 valence electrons.